The molecule has 2 aliphatic rings. The van der Waals surface area contributed by atoms with E-state index in [4.69, 9.17) is 19.9 Å². The van der Waals surface area contributed by atoms with E-state index in [0.717, 1.165) is 97.5 Å². The van der Waals surface area contributed by atoms with Crippen molar-refractivity contribution in [1.82, 2.24) is 15.0 Å². The third-order valence-electron chi connectivity index (χ3n) is 10.0. The van der Waals surface area contributed by atoms with Gasteiger partial charge in [0.2, 0.25) is 0 Å². The van der Waals surface area contributed by atoms with Gasteiger partial charge in [-0.3, -0.25) is 4.99 Å². The lowest BCUT2D eigenvalue weighted by atomic mass is 9.92. The minimum Gasteiger partial charge on any atom is -0.251 e. The van der Waals surface area contributed by atoms with Crippen LogP contribution in [-0.4, -0.2) is 20.7 Å². The first-order valence-electron chi connectivity index (χ1n) is 16.8. The van der Waals surface area contributed by atoms with Gasteiger partial charge in [0.15, 0.2) is 0 Å². The van der Waals surface area contributed by atoms with Crippen LogP contribution in [0.1, 0.15) is 24.8 Å². The van der Waals surface area contributed by atoms with E-state index in [-0.39, 0.29) is 0 Å². The number of aromatic nitrogens is 3. The second-order valence-electron chi connectivity index (χ2n) is 12.8. The maximum absolute atomic E-state index is 5.36. The Morgan fingerprint density at radius 3 is 1.90 bits per heavy atom. The van der Waals surface area contributed by atoms with Crippen LogP contribution in [-0.2, 0) is 6.42 Å². The lowest BCUT2D eigenvalue weighted by Gasteiger charge is -2.20. The van der Waals surface area contributed by atoms with Crippen molar-refractivity contribution in [3.63, 3.8) is 0 Å². The predicted octanol–water partition coefficient (Wildman–Crippen LogP) is 11.3. The Morgan fingerprint density at radius 1 is 0.458 bits per heavy atom. The molecule has 0 fully saturated rings. The summed E-state index contributed by atoms with van der Waals surface area (Å²) in [7, 11) is 0. The Hall–Kier alpha value is -6.00. The highest BCUT2D eigenvalue weighted by molar-refractivity contribution is 6.20. The average molecular weight is 615 g/mol. The maximum Gasteiger partial charge on any atom is 0.0969 e. The molecule has 4 heterocycles. The maximum atomic E-state index is 5.36. The number of allylic oxidation sites excluding steroid dienone is 4. The van der Waals surface area contributed by atoms with Crippen molar-refractivity contribution in [2.75, 3.05) is 0 Å². The zero-order valence-corrected chi connectivity index (χ0v) is 26.3. The molecule has 0 radical (unpaired) electrons. The Kier molecular flexibility index (Phi) is 6.10. The van der Waals surface area contributed by atoms with E-state index in [9.17, 15) is 0 Å². The van der Waals surface area contributed by atoms with Gasteiger partial charge in [-0.25, -0.2) is 15.0 Å². The first-order chi connectivity index (χ1) is 23.8. The van der Waals surface area contributed by atoms with Gasteiger partial charge < -0.3 is 0 Å². The molecule has 4 nitrogen and oxygen atoms in total. The van der Waals surface area contributed by atoms with Crippen LogP contribution in [0.5, 0.6) is 0 Å². The van der Waals surface area contributed by atoms with Crippen molar-refractivity contribution in [1.29, 1.82) is 0 Å². The average Bonchev–Trinajstić information content (AvgIpc) is 3.16. The number of nitrogens with zero attached hydrogens (tertiary/aromatic N) is 4. The summed E-state index contributed by atoms with van der Waals surface area (Å²) < 4.78 is 0. The number of hydrogen-bond acceptors (Lipinski definition) is 4. The normalized spacial score (nSPS) is 14.5. The van der Waals surface area contributed by atoms with Gasteiger partial charge in [-0.1, -0.05) is 115 Å². The lowest BCUT2D eigenvalue weighted by Crippen LogP contribution is -2.10. The van der Waals surface area contributed by atoms with Gasteiger partial charge in [0.05, 0.1) is 39.3 Å². The van der Waals surface area contributed by atoms with Crippen molar-refractivity contribution in [3.05, 3.63) is 145 Å². The summed E-state index contributed by atoms with van der Waals surface area (Å²) in [6.07, 6.45) is 10.7. The van der Waals surface area contributed by atoms with E-state index >= 15 is 0 Å². The van der Waals surface area contributed by atoms with Crippen molar-refractivity contribution >= 4 is 65.7 Å². The number of aliphatic imine (C=N–C) groups is 1. The Morgan fingerprint density at radius 2 is 1.15 bits per heavy atom. The monoisotopic (exact) mass is 614 g/mol. The highest BCUT2D eigenvalue weighted by Crippen LogP contribution is 2.40. The van der Waals surface area contributed by atoms with Crippen LogP contribution in [0.3, 0.4) is 0 Å². The van der Waals surface area contributed by atoms with Gasteiger partial charge in [0.1, 0.15) is 0 Å². The van der Waals surface area contributed by atoms with Gasteiger partial charge in [0.25, 0.3) is 0 Å². The molecule has 0 saturated carbocycles. The number of rotatable bonds is 3. The standard InChI is InChI=1S/C44H30N4/c1-2-11-29(12-3-1)36-25-21-30-17-18-31-22-26-38(47-42(31)41(30)46-36)37-15-8-16-39(45-37)40-34-23-19-27-9-4-6-13-32(27)43(34)48-44-33-14-7-5-10-28(33)20-24-35(40)44/h1-2,4-11,13-20,22-24,26H,3,12,21,25H2. The third kappa shape index (κ3) is 4.30. The molecule has 0 bridgehead atoms. The number of pyridine rings is 3. The largest absolute Gasteiger partial charge is 0.251 e. The number of fused-ring (bicyclic) bond motifs is 9. The summed E-state index contributed by atoms with van der Waals surface area (Å²) >= 11 is 0. The number of benzene rings is 5. The molecule has 1 aliphatic heterocycles. The van der Waals surface area contributed by atoms with E-state index in [1.165, 1.54) is 27.6 Å². The molecule has 5 aromatic carbocycles. The predicted molar refractivity (Wildman–Crippen MR) is 200 cm³/mol. The van der Waals surface area contributed by atoms with Crippen LogP contribution < -0.4 is 0 Å². The highest BCUT2D eigenvalue weighted by atomic mass is 14.8. The summed E-state index contributed by atoms with van der Waals surface area (Å²) in [6, 6.07) is 40.8. The van der Waals surface area contributed by atoms with Crippen LogP contribution in [0.25, 0.3) is 76.9 Å². The minimum atomic E-state index is 0.840. The molecular formula is C44H30N4. The zero-order chi connectivity index (χ0) is 31.6. The molecule has 10 rings (SSSR count). The first kappa shape index (κ1) is 27.1. The topological polar surface area (TPSA) is 51.0 Å². The Labute approximate surface area is 277 Å². The van der Waals surface area contributed by atoms with Gasteiger partial charge in [-0.15, -0.1) is 0 Å². The number of aryl methyl sites for hydroxylation is 1. The molecule has 0 amide bonds. The summed E-state index contributed by atoms with van der Waals surface area (Å²) in [5.41, 5.74) is 11.4. The quantitative estimate of drug-likeness (QED) is 0.147. The van der Waals surface area contributed by atoms with E-state index in [1.807, 2.05) is 0 Å². The fraction of sp³-hybridized carbons (Fsp3) is 0.0909. The molecular weight excluding hydrogens is 585 g/mol. The fourth-order valence-electron chi connectivity index (χ4n) is 7.61. The van der Waals surface area contributed by atoms with Crippen molar-refractivity contribution in [2.45, 2.75) is 25.7 Å². The SMILES string of the molecule is C1=CCCC(C2=Nc3c(ccc4ccc(-c5cccc(-c6c7ccc8ccccc8c7nc7c6ccc6ccccc67)n5)nc34)CC2)=C1. The molecule has 0 atom stereocenters. The zero-order valence-electron chi connectivity index (χ0n) is 26.3. The van der Waals surface area contributed by atoms with E-state index < -0.39 is 0 Å². The first-order valence-corrected chi connectivity index (χ1v) is 16.8. The summed E-state index contributed by atoms with van der Waals surface area (Å²) in [5.74, 6) is 0. The van der Waals surface area contributed by atoms with Crippen LogP contribution >= 0.6 is 0 Å². The fourth-order valence-corrected chi connectivity index (χ4v) is 7.61. The summed E-state index contributed by atoms with van der Waals surface area (Å²) in [4.78, 5) is 21.2. The van der Waals surface area contributed by atoms with Crippen molar-refractivity contribution < 1.29 is 0 Å². The van der Waals surface area contributed by atoms with E-state index in [1.54, 1.807) is 0 Å². The lowest BCUT2D eigenvalue weighted by molar-refractivity contribution is 0.955. The number of hydrogen-bond donors (Lipinski definition) is 0. The second-order valence-corrected chi connectivity index (χ2v) is 12.8. The van der Waals surface area contributed by atoms with Gasteiger partial charge in [0, 0.05) is 38.2 Å². The Bertz CT molecular complexity index is 2640. The third-order valence-corrected chi connectivity index (χ3v) is 10.0. The molecule has 8 aromatic rings. The molecule has 0 saturated heterocycles. The smallest absolute Gasteiger partial charge is 0.0969 e. The van der Waals surface area contributed by atoms with Crippen LogP contribution in [0.2, 0.25) is 0 Å². The van der Waals surface area contributed by atoms with Crippen molar-refractivity contribution in [2.24, 2.45) is 4.99 Å². The van der Waals surface area contributed by atoms with Crippen LogP contribution in [0.4, 0.5) is 5.69 Å². The molecule has 4 heteroatoms. The van der Waals surface area contributed by atoms with Gasteiger partial charge >= 0.3 is 0 Å². The second kappa shape index (κ2) is 10.8. The summed E-state index contributed by atoms with van der Waals surface area (Å²) in [5, 5.41) is 7.92. The van der Waals surface area contributed by atoms with E-state index in [0.29, 0.717) is 0 Å². The van der Waals surface area contributed by atoms with Gasteiger partial charge in [-0.05, 0) is 65.8 Å². The molecule has 226 valence electrons. The molecule has 0 N–H and O–H groups in total. The summed E-state index contributed by atoms with van der Waals surface area (Å²) in [6.45, 7) is 0. The Balaban J connectivity index is 1.18. The van der Waals surface area contributed by atoms with Crippen LogP contribution in [0, 0.1) is 0 Å². The van der Waals surface area contributed by atoms with Crippen molar-refractivity contribution in [3.8, 4) is 22.6 Å². The highest BCUT2D eigenvalue weighted by Gasteiger charge is 2.20. The molecule has 0 spiro atoms. The molecule has 0 unspecified atom stereocenters. The van der Waals surface area contributed by atoms with E-state index in [2.05, 4.69) is 133 Å². The van der Waals surface area contributed by atoms with Gasteiger partial charge in [-0.2, -0.15) is 0 Å². The minimum absolute atomic E-state index is 0.840. The molecule has 1 aliphatic carbocycles. The molecule has 3 aromatic heterocycles. The molecule has 48 heavy (non-hydrogen) atoms. The van der Waals surface area contributed by atoms with Crippen LogP contribution in [0.15, 0.2) is 144 Å².